The molecule has 1 aliphatic rings. The highest BCUT2D eigenvalue weighted by atomic mass is 19.4. The quantitative estimate of drug-likeness (QED) is 0.884. The molecular formula is C18H20F3N5O. The van der Waals surface area contributed by atoms with Crippen molar-refractivity contribution in [2.24, 2.45) is 0 Å². The van der Waals surface area contributed by atoms with E-state index >= 15 is 0 Å². The molecule has 1 aliphatic heterocycles. The molecule has 1 aromatic carbocycles. The number of likely N-dealkylation sites (N-methyl/N-ethyl adjacent to an activating group) is 1. The number of halogens is 3. The summed E-state index contributed by atoms with van der Waals surface area (Å²) in [7, 11) is 2.06. The summed E-state index contributed by atoms with van der Waals surface area (Å²) in [6.07, 6.45) is -1.58. The molecule has 0 radical (unpaired) electrons. The van der Waals surface area contributed by atoms with E-state index in [4.69, 9.17) is 0 Å². The number of carbonyl (C=O) groups is 1. The molecule has 0 aliphatic carbocycles. The van der Waals surface area contributed by atoms with Crippen LogP contribution in [0.2, 0.25) is 0 Å². The number of nitrogens with zero attached hydrogens (tertiary/aromatic N) is 4. The molecule has 0 saturated carbocycles. The molecule has 1 amide bonds. The fraction of sp³-hybridized carbons (Fsp3) is 0.389. The molecule has 0 bridgehead atoms. The summed E-state index contributed by atoms with van der Waals surface area (Å²) in [6, 6.07) is 4.74. The average Bonchev–Trinajstić information content (AvgIpc) is 2.62. The Balaban J connectivity index is 1.58. The van der Waals surface area contributed by atoms with E-state index in [1.165, 1.54) is 24.5 Å². The lowest BCUT2D eigenvalue weighted by atomic mass is 10.1. The van der Waals surface area contributed by atoms with E-state index in [1.54, 1.807) is 0 Å². The summed E-state index contributed by atoms with van der Waals surface area (Å²) in [5.41, 5.74) is -0.0742. The van der Waals surface area contributed by atoms with Crippen LogP contribution in [0.5, 0.6) is 0 Å². The van der Waals surface area contributed by atoms with Gasteiger partial charge in [-0.05, 0) is 18.7 Å². The Hall–Kier alpha value is -2.68. The fourth-order valence-electron chi connectivity index (χ4n) is 2.80. The number of amides is 1. The van der Waals surface area contributed by atoms with Crippen LogP contribution in [-0.4, -0.2) is 54.0 Å². The standard InChI is InChI=1S/C18H20F3N5O/c1-25-5-7-26(8-6-25)17-22-11-15(12-23-17)24-16(27)10-13-3-2-4-14(9-13)18(19,20)21/h2-4,9,11-12H,5-8,10H2,1H3,(H,24,27). The van der Waals surface area contributed by atoms with Gasteiger partial charge >= 0.3 is 6.18 Å². The van der Waals surface area contributed by atoms with Gasteiger partial charge in [0.15, 0.2) is 0 Å². The zero-order valence-corrected chi connectivity index (χ0v) is 14.8. The third kappa shape index (κ3) is 5.16. The molecular weight excluding hydrogens is 359 g/mol. The lowest BCUT2D eigenvalue weighted by Crippen LogP contribution is -2.45. The molecule has 1 aromatic heterocycles. The van der Waals surface area contributed by atoms with Crippen molar-refractivity contribution in [1.82, 2.24) is 14.9 Å². The maximum absolute atomic E-state index is 12.7. The average molecular weight is 379 g/mol. The van der Waals surface area contributed by atoms with Crippen LogP contribution in [-0.2, 0) is 17.4 Å². The van der Waals surface area contributed by atoms with Gasteiger partial charge in [0.25, 0.3) is 0 Å². The van der Waals surface area contributed by atoms with E-state index in [9.17, 15) is 18.0 Å². The van der Waals surface area contributed by atoms with Gasteiger partial charge in [-0.15, -0.1) is 0 Å². The Morgan fingerprint density at radius 2 is 1.81 bits per heavy atom. The summed E-state index contributed by atoms with van der Waals surface area (Å²) >= 11 is 0. The lowest BCUT2D eigenvalue weighted by Gasteiger charge is -2.32. The second-order valence-electron chi connectivity index (χ2n) is 6.49. The van der Waals surface area contributed by atoms with E-state index in [1.807, 2.05) is 0 Å². The number of benzene rings is 1. The summed E-state index contributed by atoms with van der Waals surface area (Å²) in [4.78, 5) is 24.9. The third-order valence-corrected chi connectivity index (χ3v) is 4.33. The van der Waals surface area contributed by atoms with Gasteiger partial charge < -0.3 is 15.1 Å². The highest BCUT2D eigenvalue weighted by Crippen LogP contribution is 2.29. The Bertz CT molecular complexity index is 786. The lowest BCUT2D eigenvalue weighted by molar-refractivity contribution is -0.137. The molecule has 1 saturated heterocycles. The van der Waals surface area contributed by atoms with Crippen molar-refractivity contribution >= 4 is 17.5 Å². The third-order valence-electron chi connectivity index (χ3n) is 4.33. The monoisotopic (exact) mass is 379 g/mol. The van der Waals surface area contributed by atoms with E-state index in [-0.39, 0.29) is 12.0 Å². The predicted octanol–water partition coefficient (Wildman–Crippen LogP) is 2.43. The van der Waals surface area contributed by atoms with E-state index in [0.717, 1.165) is 38.3 Å². The number of anilines is 2. The molecule has 1 fully saturated rings. The predicted molar refractivity (Wildman–Crippen MR) is 95.5 cm³/mol. The second kappa shape index (κ2) is 7.91. The molecule has 2 aromatic rings. The maximum Gasteiger partial charge on any atom is 0.416 e. The van der Waals surface area contributed by atoms with Crippen molar-refractivity contribution in [3.63, 3.8) is 0 Å². The minimum atomic E-state index is -4.43. The highest BCUT2D eigenvalue weighted by molar-refractivity contribution is 5.92. The van der Waals surface area contributed by atoms with Gasteiger partial charge in [0.05, 0.1) is 30.1 Å². The summed E-state index contributed by atoms with van der Waals surface area (Å²) in [5.74, 6) is 0.171. The number of hydrogen-bond donors (Lipinski definition) is 1. The number of aromatic nitrogens is 2. The first kappa shape index (κ1) is 19.1. The highest BCUT2D eigenvalue weighted by Gasteiger charge is 2.30. The second-order valence-corrected chi connectivity index (χ2v) is 6.49. The first-order valence-corrected chi connectivity index (χ1v) is 8.53. The van der Waals surface area contributed by atoms with Gasteiger partial charge in [-0.3, -0.25) is 4.79 Å². The van der Waals surface area contributed by atoms with Crippen LogP contribution in [0.25, 0.3) is 0 Å². The van der Waals surface area contributed by atoms with Crippen LogP contribution in [0.1, 0.15) is 11.1 Å². The largest absolute Gasteiger partial charge is 0.416 e. The molecule has 0 unspecified atom stereocenters. The van der Waals surface area contributed by atoms with Gasteiger partial charge in [-0.1, -0.05) is 18.2 Å². The number of piperazine rings is 1. The summed E-state index contributed by atoms with van der Waals surface area (Å²) in [5, 5.41) is 2.61. The number of nitrogens with one attached hydrogen (secondary N) is 1. The number of rotatable bonds is 4. The first-order chi connectivity index (χ1) is 12.8. The van der Waals surface area contributed by atoms with Crippen molar-refractivity contribution in [2.75, 3.05) is 43.4 Å². The molecule has 9 heteroatoms. The van der Waals surface area contributed by atoms with E-state index in [2.05, 4.69) is 32.1 Å². The minimum absolute atomic E-state index is 0.163. The van der Waals surface area contributed by atoms with Gasteiger partial charge in [-0.2, -0.15) is 13.2 Å². The van der Waals surface area contributed by atoms with Crippen LogP contribution in [0, 0.1) is 0 Å². The molecule has 27 heavy (non-hydrogen) atoms. The molecule has 0 spiro atoms. The molecule has 2 heterocycles. The molecule has 3 rings (SSSR count). The van der Waals surface area contributed by atoms with Crippen molar-refractivity contribution in [3.05, 3.63) is 47.8 Å². The maximum atomic E-state index is 12.7. The summed E-state index contributed by atoms with van der Waals surface area (Å²) in [6.45, 7) is 3.52. The number of hydrogen-bond acceptors (Lipinski definition) is 5. The Morgan fingerprint density at radius 1 is 1.15 bits per heavy atom. The Kier molecular flexibility index (Phi) is 5.59. The fourth-order valence-corrected chi connectivity index (χ4v) is 2.80. The van der Waals surface area contributed by atoms with Crippen LogP contribution in [0.3, 0.4) is 0 Å². The molecule has 6 nitrogen and oxygen atoms in total. The van der Waals surface area contributed by atoms with Crippen LogP contribution >= 0.6 is 0 Å². The van der Waals surface area contributed by atoms with Crippen molar-refractivity contribution in [2.45, 2.75) is 12.6 Å². The van der Waals surface area contributed by atoms with E-state index in [0.29, 0.717) is 11.6 Å². The summed E-state index contributed by atoms with van der Waals surface area (Å²) < 4.78 is 38.2. The van der Waals surface area contributed by atoms with Crippen molar-refractivity contribution < 1.29 is 18.0 Å². The Labute approximate surface area is 155 Å². The zero-order valence-electron chi connectivity index (χ0n) is 14.8. The number of carbonyl (C=O) groups excluding carboxylic acids is 1. The van der Waals surface area contributed by atoms with Crippen molar-refractivity contribution in [3.8, 4) is 0 Å². The van der Waals surface area contributed by atoms with Gasteiger partial charge in [-0.25, -0.2) is 9.97 Å². The van der Waals surface area contributed by atoms with Crippen LogP contribution in [0.15, 0.2) is 36.7 Å². The normalized spacial score (nSPS) is 15.6. The van der Waals surface area contributed by atoms with Gasteiger partial charge in [0.2, 0.25) is 11.9 Å². The van der Waals surface area contributed by atoms with Gasteiger partial charge in [0.1, 0.15) is 0 Å². The zero-order chi connectivity index (χ0) is 19.4. The number of alkyl halides is 3. The van der Waals surface area contributed by atoms with Gasteiger partial charge in [0, 0.05) is 26.2 Å². The van der Waals surface area contributed by atoms with E-state index < -0.39 is 17.6 Å². The molecule has 144 valence electrons. The Morgan fingerprint density at radius 3 is 2.44 bits per heavy atom. The smallest absolute Gasteiger partial charge is 0.338 e. The van der Waals surface area contributed by atoms with Crippen LogP contribution in [0.4, 0.5) is 24.8 Å². The molecule has 0 atom stereocenters. The van der Waals surface area contributed by atoms with Crippen molar-refractivity contribution in [1.29, 1.82) is 0 Å². The first-order valence-electron chi connectivity index (χ1n) is 8.53. The molecule has 1 N–H and O–H groups in total. The SMILES string of the molecule is CN1CCN(c2ncc(NC(=O)Cc3cccc(C(F)(F)F)c3)cn2)CC1. The van der Waals surface area contributed by atoms with Crippen LogP contribution < -0.4 is 10.2 Å². The minimum Gasteiger partial charge on any atom is -0.338 e. The topological polar surface area (TPSA) is 61.4 Å².